The molecule has 0 aliphatic rings. The van der Waals surface area contributed by atoms with Gasteiger partial charge in [-0.25, -0.2) is 0 Å². The van der Waals surface area contributed by atoms with Crippen LogP contribution in [0.4, 0.5) is 5.69 Å². The van der Waals surface area contributed by atoms with Gasteiger partial charge in [0, 0.05) is 33.0 Å². The van der Waals surface area contributed by atoms with Crippen LogP contribution >= 0.6 is 0 Å². The van der Waals surface area contributed by atoms with Crippen LogP contribution in [0.25, 0.3) is 0 Å². The van der Waals surface area contributed by atoms with E-state index in [9.17, 15) is 0 Å². The molecule has 15 heavy (non-hydrogen) atoms. The van der Waals surface area contributed by atoms with Crippen LogP contribution in [0, 0.1) is 5.92 Å². The first-order chi connectivity index (χ1) is 7.24. The zero-order chi connectivity index (χ0) is 11.1. The van der Waals surface area contributed by atoms with Crippen molar-refractivity contribution in [3.63, 3.8) is 0 Å². The molecule has 0 saturated carbocycles. The number of para-hydroxylation sites is 1. The topological polar surface area (TPSA) is 12.5 Å². The summed E-state index contributed by atoms with van der Waals surface area (Å²) in [6.07, 6.45) is 1.17. The van der Waals surface area contributed by atoms with Gasteiger partial charge in [0.05, 0.1) is 0 Å². The summed E-state index contributed by atoms with van der Waals surface area (Å²) in [5, 5.41) is 0. The molecule has 1 aromatic carbocycles. The summed E-state index contributed by atoms with van der Waals surface area (Å²) in [7, 11) is 3.90. The SMILES string of the molecule is COCC(C)CCN(C)c1ccccc1. The lowest BCUT2D eigenvalue weighted by Crippen LogP contribution is -2.21. The van der Waals surface area contributed by atoms with E-state index in [2.05, 4.69) is 43.1 Å². The molecular weight excluding hydrogens is 186 g/mol. The van der Waals surface area contributed by atoms with E-state index < -0.39 is 0 Å². The molecule has 84 valence electrons. The van der Waals surface area contributed by atoms with Crippen molar-refractivity contribution in [1.29, 1.82) is 0 Å². The molecule has 0 saturated heterocycles. The lowest BCUT2D eigenvalue weighted by molar-refractivity contribution is 0.156. The van der Waals surface area contributed by atoms with Gasteiger partial charge < -0.3 is 9.64 Å². The molecule has 0 spiro atoms. The highest BCUT2D eigenvalue weighted by molar-refractivity contribution is 5.44. The number of nitrogens with zero attached hydrogens (tertiary/aromatic N) is 1. The molecule has 0 aliphatic heterocycles. The number of hydrogen-bond donors (Lipinski definition) is 0. The van der Waals surface area contributed by atoms with Gasteiger partial charge in [0.15, 0.2) is 0 Å². The van der Waals surface area contributed by atoms with Crippen LogP contribution < -0.4 is 4.90 Å². The molecular formula is C13H21NO. The number of hydrogen-bond acceptors (Lipinski definition) is 2. The zero-order valence-electron chi connectivity index (χ0n) is 9.94. The molecule has 2 heteroatoms. The Balaban J connectivity index is 2.33. The lowest BCUT2D eigenvalue weighted by Gasteiger charge is -2.21. The zero-order valence-corrected chi connectivity index (χ0v) is 9.94. The third kappa shape index (κ3) is 4.34. The van der Waals surface area contributed by atoms with E-state index in [1.165, 1.54) is 12.1 Å². The number of ether oxygens (including phenoxy) is 1. The Morgan fingerprint density at radius 3 is 2.53 bits per heavy atom. The maximum Gasteiger partial charge on any atom is 0.0488 e. The predicted octanol–water partition coefficient (Wildman–Crippen LogP) is 2.80. The second-order valence-electron chi connectivity index (χ2n) is 4.11. The van der Waals surface area contributed by atoms with Crippen LogP contribution in [0.2, 0.25) is 0 Å². The molecule has 1 rings (SSSR count). The fraction of sp³-hybridized carbons (Fsp3) is 0.538. The Bertz CT molecular complexity index is 260. The van der Waals surface area contributed by atoms with Gasteiger partial charge >= 0.3 is 0 Å². The molecule has 0 fully saturated rings. The summed E-state index contributed by atoms with van der Waals surface area (Å²) in [5.41, 5.74) is 1.28. The molecule has 1 aromatic rings. The monoisotopic (exact) mass is 207 g/mol. The predicted molar refractivity (Wildman–Crippen MR) is 65.4 cm³/mol. The lowest BCUT2D eigenvalue weighted by atomic mass is 10.1. The van der Waals surface area contributed by atoms with Crippen LogP contribution in [-0.4, -0.2) is 27.3 Å². The van der Waals surface area contributed by atoms with E-state index in [-0.39, 0.29) is 0 Å². The van der Waals surface area contributed by atoms with Crippen molar-refractivity contribution in [3.8, 4) is 0 Å². The summed E-state index contributed by atoms with van der Waals surface area (Å²) in [6.45, 7) is 4.15. The smallest absolute Gasteiger partial charge is 0.0488 e. The van der Waals surface area contributed by atoms with Crippen molar-refractivity contribution in [1.82, 2.24) is 0 Å². The van der Waals surface area contributed by atoms with Crippen molar-refractivity contribution >= 4 is 5.69 Å². The van der Waals surface area contributed by atoms with Crippen molar-refractivity contribution in [2.24, 2.45) is 5.92 Å². The van der Waals surface area contributed by atoms with E-state index in [1.807, 2.05) is 6.07 Å². The van der Waals surface area contributed by atoms with Crippen molar-refractivity contribution < 1.29 is 4.74 Å². The van der Waals surface area contributed by atoms with E-state index >= 15 is 0 Å². The Morgan fingerprint density at radius 2 is 1.93 bits per heavy atom. The Labute approximate surface area is 92.9 Å². The normalized spacial score (nSPS) is 12.5. The van der Waals surface area contributed by atoms with Crippen molar-refractivity contribution in [3.05, 3.63) is 30.3 Å². The molecule has 0 aliphatic carbocycles. The number of rotatable bonds is 6. The second kappa shape index (κ2) is 6.46. The largest absolute Gasteiger partial charge is 0.384 e. The minimum Gasteiger partial charge on any atom is -0.384 e. The van der Waals surface area contributed by atoms with E-state index in [0.29, 0.717) is 5.92 Å². The fourth-order valence-corrected chi connectivity index (χ4v) is 1.59. The number of benzene rings is 1. The highest BCUT2D eigenvalue weighted by atomic mass is 16.5. The summed E-state index contributed by atoms with van der Waals surface area (Å²) in [4.78, 5) is 2.28. The first-order valence-electron chi connectivity index (χ1n) is 5.49. The minimum atomic E-state index is 0.626. The van der Waals surface area contributed by atoms with Gasteiger partial charge in [-0.1, -0.05) is 25.1 Å². The average Bonchev–Trinajstić information content (AvgIpc) is 2.27. The summed E-state index contributed by atoms with van der Waals surface area (Å²) >= 11 is 0. The van der Waals surface area contributed by atoms with E-state index in [4.69, 9.17) is 4.74 Å². The van der Waals surface area contributed by atoms with Gasteiger partial charge in [-0.2, -0.15) is 0 Å². The first-order valence-corrected chi connectivity index (χ1v) is 5.49. The third-order valence-electron chi connectivity index (χ3n) is 2.61. The maximum absolute atomic E-state index is 5.12. The summed E-state index contributed by atoms with van der Waals surface area (Å²) < 4.78 is 5.12. The van der Waals surface area contributed by atoms with Crippen molar-refractivity contribution in [2.75, 3.05) is 32.2 Å². The molecule has 0 aromatic heterocycles. The summed E-state index contributed by atoms with van der Waals surface area (Å²) in [5.74, 6) is 0.626. The fourth-order valence-electron chi connectivity index (χ4n) is 1.59. The van der Waals surface area contributed by atoms with Crippen LogP contribution in [0.3, 0.4) is 0 Å². The van der Waals surface area contributed by atoms with Gasteiger partial charge in [0.2, 0.25) is 0 Å². The Hall–Kier alpha value is -1.02. The molecule has 0 amide bonds. The van der Waals surface area contributed by atoms with E-state index in [0.717, 1.165) is 13.2 Å². The second-order valence-corrected chi connectivity index (χ2v) is 4.11. The highest BCUT2D eigenvalue weighted by Crippen LogP contribution is 2.12. The molecule has 0 bridgehead atoms. The van der Waals surface area contributed by atoms with Gasteiger partial charge in [-0.05, 0) is 24.5 Å². The van der Waals surface area contributed by atoms with E-state index in [1.54, 1.807) is 7.11 Å². The van der Waals surface area contributed by atoms with Crippen LogP contribution in [-0.2, 0) is 4.74 Å². The van der Waals surface area contributed by atoms with Gasteiger partial charge in [0.1, 0.15) is 0 Å². The molecule has 1 atom stereocenters. The number of methoxy groups -OCH3 is 1. The molecule has 0 heterocycles. The van der Waals surface area contributed by atoms with Crippen LogP contribution in [0.15, 0.2) is 30.3 Å². The quantitative estimate of drug-likeness (QED) is 0.711. The Morgan fingerprint density at radius 1 is 1.27 bits per heavy atom. The summed E-state index contributed by atoms with van der Waals surface area (Å²) in [6, 6.07) is 10.5. The van der Waals surface area contributed by atoms with Crippen LogP contribution in [0.1, 0.15) is 13.3 Å². The molecule has 0 radical (unpaired) electrons. The van der Waals surface area contributed by atoms with Gasteiger partial charge in [-0.3, -0.25) is 0 Å². The highest BCUT2D eigenvalue weighted by Gasteiger charge is 2.04. The number of anilines is 1. The molecule has 2 nitrogen and oxygen atoms in total. The maximum atomic E-state index is 5.12. The van der Waals surface area contributed by atoms with Gasteiger partial charge in [-0.15, -0.1) is 0 Å². The average molecular weight is 207 g/mol. The Kier molecular flexibility index (Phi) is 5.19. The van der Waals surface area contributed by atoms with Gasteiger partial charge in [0.25, 0.3) is 0 Å². The minimum absolute atomic E-state index is 0.626. The first kappa shape index (κ1) is 12.1. The van der Waals surface area contributed by atoms with Crippen molar-refractivity contribution in [2.45, 2.75) is 13.3 Å². The molecule has 1 unspecified atom stereocenters. The molecule has 0 N–H and O–H groups in total. The van der Waals surface area contributed by atoms with Crippen LogP contribution in [0.5, 0.6) is 0 Å². The standard InChI is InChI=1S/C13H21NO/c1-12(11-15-3)9-10-14(2)13-7-5-4-6-8-13/h4-8,12H,9-11H2,1-3H3. The third-order valence-corrected chi connectivity index (χ3v) is 2.61.